The maximum atomic E-state index is 12.7. The van der Waals surface area contributed by atoms with Gasteiger partial charge < -0.3 is 10.6 Å². The van der Waals surface area contributed by atoms with Crippen LogP contribution < -0.4 is 10.6 Å². The monoisotopic (exact) mass is 362 g/mol. The number of hydrogen-bond donors (Lipinski definition) is 2. The van der Waals surface area contributed by atoms with Crippen molar-refractivity contribution in [3.63, 3.8) is 0 Å². The number of carbonyl (C=O) groups excluding carboxylic acids is 2. The largest absolute Gasteiger partial charge is 0.326 e. The van der Waals surface area contributed by atoms with Crippen LogP contribution in [0.2, 0.25) is 0 Å². The Bertz CT molecular complexity index is 956. The Labute approximate surface area is 158 Å². The van der Waals surface area contributed by atoms with Crippen molar-refractivity contribution in [3.05, 3.63) is 72.6 Å². The van der Waals surface area contributed by atoms with E-state index in [1.54, 1.807) is 35.1 Å². The zero-order valence-electron chi connectivity index (χ0n) is 15.6. The summed E-state index contributed by atoms with van der Waals surface area (Å²) >= 11 is 0. The molecular formula is C21H22N4O2. The second-order valence-corrected chi connectivity index (χ2v) is 7.21. The molecule has 0 aliphatic heterocycles. The van der Waals surface area contributed by atoms with E-state index in [4.69, 9.17) is 0 Å². The topological polar surface area (TPSA) is 76.0 Å². The Morgan fingerprint density at radius 2 is 1.74 bits per heavy atom. The van der Waals surface area contributed by atoms with Gasteiger partial charge in [-0.25, -0.2) is 4.68 Å². The van der Waals surface area contributed by atoms with E-state index in [0.717, 1.165) is 5.69 Å². The van der Waals surface area contributed by atoms with Crippen molar-refractivity contribution in [3.8, 4) is 5.69 Å². The van der Waals surface area contributed by atoms with Gasteiger partial charge in [-0.2, -0.15) is 5.10 Å². The van der Waals surface area contributed by atoms with Crippen molar-refractivity contribution in [2.45, 2.75) is 20.8 Å². The molecule has 6 heteroatoms. The summed E-state index contributed by atoms with van der Waals surface area (Å²) in [7, 11) is 0. The Kier molecular flexibility index (Phi) is 5.07. The Hall–Kier alpha value is -3.41. The number of amides is 2. The number of carbonyl (C=O) groups is 2. The molecule has 0 fully saturated rings. The highest BCUT2D eigenvalue weighted by Gasteiger charge is 2.21. The molecule has 0 saturated carbocycles. The molecule has 1 heterocycles. The van der Waals surface area contributed by atoms with E-state index in [9.17, 15) is 9.59 Å². The van der Waals surface area contributed by atoms with E-state index in [1.165, 1.54) is 0 Å². The Morgan fingerprint density at radius 3 is 2.44 bits per heavy atom. The van der Waals surface area contributed by atoms with Gasteiger partial charge in [0, 0.05) is 29.1 Å². The molecule has 2 N–H and O–H groups in total. The van der Waals surface area contributed by atoms with Gasteiger partial charge in [0.2, 0.25) is 5.91 Å². The summed E-state index contributed by atoms with van der Waals surface area (Å²) in [5.41, 5.74) is 1.95. The molecule has 1 aromatic heterocycles. The first kappa shape index (κ1) is 18.4. The van der Waals surface area contributed by atoms with Crippen molar-refractivity contribution in [1.29, 1.82) is 0 Å². The van der Waals surface area contributed by atoms with E-state index in [-0.39, 0.29) is 11.8 Å². The number of nitrogens with zero attached hydrogens (tertiary/aromatic N) is 2. The zero-order valence-corrected chi connectivity index (χ0v) is 15.6. The lowest BCUT2D eigenvalue weighted by Crippen LogP contribution is -2.27. The molecule has 0 saturated heterocycles. The van der Waals surface area contributed by atoms with Crippen LogP contribution in [-0.4, -0.2) is 21.6 Å². The lowest BCUT2D eigenvalue weighted by atomic mass is 9.95. The third-order valence-electron chi connectivity index (χ3n) is 3.97. The Balaban J connectivity index is 1.80. The zero-order chi connectivity index (χ0) is 19.4. The van der Waals surface area contributed by atoms with E-state index in [0.29, 0.717) is 16.9 Å². The van der Waals surface area contributed by atoms with Crippen LogP contribution in [0.4, 0.5) is 11.4 Å². The molecule has 0 aliphatic rings. The molecule has 2 amide bonds. The predicted octanol–water partition coefficient (Wildman–Crippen LogP) is 4.11. The van der Waals surface area contributed by atoms with Gasteiger partial charge >= 0.3 is 0 Å². The minimum absolute atomic E-state index is 0.107. The molecule has 3 rings (SSSR count). The van der Waals surface area contributed by atoms with Gasteiger partial charge in [-0.15, -0.1) is 0 Å². The van der Waals surface area contributed by atoms with Crippen molar-refractivity contribution < 1.29 is 9.59 Å². The molecule has 0 radical (unpaired) electrons. The van der Waals surface area contributed by atoms with E-state index in [1.807, 2.05) is 57.3 Å². The van der Waals surface area contributed by atoms with Gasteiger partial charge in [-0.05, 0) is 36.4 Å². The third kappa shape index (κ3) is 4.41. The fourth-order valence-corrected chi connectivity index (χ4v) is 2.44. The molecule has 2 aromatic carbocycles. The molecule has 0 bridgehead atoms. The van der Waals surface area contributed by atoms with Crippen LogP contribution in [0, 0.1) is 5.41 Å². The maximum Gasteiger partial charge on any atom is 0.255 e. The van der Waals surface area contributed by atoms with Gasteiger partial charge in [0.05, 0.1) is 11.4 Å². The minimum Gasteiger partial charge on any atom is -0.326 e. The van der Waals surface area contributed by atoms with Gasteiger partial charge in [0.1, 0.15) is 0 Å². The molecule has 3 aromatic rings. The summed E-state index contributed by atoms with van der Waals surface area (Å²) in [5, 5.41) is 9.97. The van der Waals surface area contributed by atoms with Crippen LogP contribution in [-0.2, 0) is 4.79 Å². The number of benzene rings is 2. The van der Waals surface area contributed by atoms with Crippen LogP contribution in [0.15, 0.2) is 67.0 Å². The summed E-state index contributed by atoms with van der Waals surface area (Å²) in [6, 6.07) is 16.1. The molecule has 138 valence electrons. The second kappa shape index (κ2) is 7.45. The number of nitrogens with one attached hydrogen (secondary N) is 2. The first-order valence-corrected chi connectivity index (χ1v) is 8.66. The third-order valence-corrected chi connectivity index (χ3v) is 3.97. The van der Waals surface area contributed by atoms with Crippen LogP contribution in [0.3, 0.4) is 0 Å². The van der Waals surface area contributed by atoms with E-state index in [2.05, 4.69) is 15.7 Å². The highest BCUT2D eigenvalue weighted by atomic mass is 16.2. The number of anilines is 2. The van der Waals surface area contributed by atoms with E-state index < -0.39 is 5.41 Å². The van der Waals surface area contributed by atoms with Crippen molar-refractivity contribution >= 4 is 23.2 Å². The molecule has 27 heavy (non-hydrogen) atoms. The fourth-order valence-electron chi connectivity index (χ4n) is 2.44. The number of para-hydroxylation sites is 2. The van der Waals surface area contributed by atoms with Crippen molar-refractivity contribution in [2.75, 3.05) is 10.6 Å². The van der Waals surface area contributed by atoms with E-state index >= 15 is 0 Å². The summed E-state index contributed by atoms with van der Waals surface area (Å²) in [6.45, 7) is 5.52. The van der Waals surface area contributed by atoms with Crippen molar-refractivity contribution in [2.24, 2.45) is 5.41 Å². The minimum atomic E-state index is -0.513. The summed E-state index contributed by atoms with van der Waals surface area (Å²) in [6.07, 6.45) is 3.49. The van der Waals surface area contributed by atoms with Gasteiger partial charge in [0.25, 0.3) is 5.91 Å². The SMILES string of the molecule is CC(C)(C)C(=O)Nc1cccc(C(=O)Nc2ccccc2-n2cccn2)c1. The highest BCUT2D eigenvalue weighted by Crippen LogP contribution is 2.21. The lowest BCUT2D eigenvalue weighted by Gasteiger charge is -2.18. The number of hydrogen-bond acceptors (Lipinski definition) is 3. The maximum absolute atomic E-state index is 12.7. The number of rotatable bonds is 4. The van der Waals surface area contributed by atoms with Crippen LogP contribution in [0.1, 0.15) is 31.1 Å². The summed E-state index contributed by atoms with van der Waals surface area (Å²) in [4.78, 5) is 24.9. The van der Waals surface area contributed by atoms with Crippen LogP contribution in [0.25, 0.3) is 5.69 Å². The summed E-state index contributed by atoms with van der Waals surface area (Å²) in [5.74, 6) is -0.370. The fraction of sp³-hybridized carbons (Fsp3) is 0.190. The van der Waals surface area contributed by atoms with Gasteiger partial charge in [0.15, 0.2) is 0 Å². The molecule has 0 aliphatic carbocycles. The second-order valence-electron chi connectivity index (χ2n) is 7.21. The standard InChI is InChI=1S/C21H22N4O2/c1-21(2,3)20(27)23-16-9-6-8-15(14-16)19(26)24-17-10-4-5-11-18(17)25-13-7-12-22-25/h4-14H,1-3H3,(H,23,27)(H,24,26). The van der Waals surface area contributed by atoms with Crippen LogP contribution >= 0.6 is 0 Å². The highest BCUT2D eigenvalue weighted by molar-refractivity contribution is 6.06. The summed E-state index contributed by atoms with van der Waals surface area (Å²) < 4.78 is 1.69. The average molecular weight is 362 g/mol. The van der Waals surface area contributed by atoms with Gasteiger partial charge in [-0.3, -0.25) is 9.59 Å². The van der Waals surface area contributed by atoms with Gasteiger partial charge in [-0.1, -0.05) is 39.0 Å². The first-order valence-electron chi connectivity index (χ1n) is 8.66. The Morgan fingerprint density at radius 1 is 0.963 bits per heavy atom. The average Bonchev–Trinajstić information content (AvgIpc) is 3.16. The molecule has 6 nitrogen and oxygen atoms in total. The number of aromatic nitrogens is 2. The molecule has 0 unspecified atom stereocenters. The normalized spacial score (nSPS) is 11.1. The molecular weight excluding hydrogens is 340 g/mol. The molecule has 0 atom stereocenters. The predicted molar refractivity (Wildman–Crippen MR) is 106 cm³/mol. The van der Waals surface area contributed by atoms with Crippen molar-refractivity contribution in [1.82, 2.24) is 9.78 Å². The lowest BCUT2D eigenvalue weighted by molar-refractivity contribution is -0.123. The first-order chi connectivity index (χ1) is 12.8. The smallest absolute Gasteiger partial charge is 0.255 e. The quantitative estimate of drug-likeness (QED) is 0.733. The van der Waals surface area contributed by atoms with Crippen LogP contribution in [0.5, 0.6) is 0 Å². The molecule has 0 spiro atoms.